The molecular formula is C15H11ClF3NO3S. The Hall–Kier alpha value is -2.06. The van der Waals surface area contributed by atoms with Crippen LogP contribution in [0.5, 0.6) is 0 Å². The lowest BCUT2D eigenvalue weighted by atomic mass is 10.1. The van der Waals surface area contributed by atoms with E-state index in [-0.39, 0.29) is 21.2 Å². The van der Waals surface area contributed by atoms with Gasteiger partial charge in [0.2, 0.25) is 0 Å². The summed E-state index contributed by atoms with van der Waals surface area (Å²) in [7, 11) is -3.65. The van der Waals surface area contributed by atoms with Gasteiger partial charge in [-0.25, -0.2) is 8.42 Å². The van der Waals surface area contributed by atoms with Crippen LogP contribution in [0.2, 0.25) is 5.02 Å². The number of benzene rings is 2. The molecule has 0 radical (unpaired) electrons. The molecule has 4 nitrogen and oxygen atoms in total. The van der Waals surface area contributed by atoms with Crippen molar-refractivity contribution in [2.24, 2.45) is 0 Å². The molecule has 2 aromatic carbocycles. The van der Waals surface area contributed by atoms with Crippen molar-refractivity contribution in [3.05, 3.63) is 58.6 Å². The maximum atomic E-state index is 12.7. The number of carbonyl (C=O) groups is 1. The van der Waals surface area contributed by atoms with E-state index in [0.717, 1.165) is 30.5 Å². The highest BCUT2D eigenvalue weighted by atomic mass is 35.5. The summed E-state index contributed by atoms with van der Waals surface area (Å²) in [4.78, 5) is 11.9. The number of carbonyl (C=O) groups excluding carboxylic acids is 1. The molecule has 0 unspecified atom stereocenters. The van der Waals surface area contributed by atoms with E-state index in [1.807, 2.05) is 0 Å². The van der Waals surface area contributed by atoms with Crippen molar-refractivity contribution in [1.82, 2.24) is 0 Å². The summed E-state index contributed by atoms with van der Waals surface area (Å²) in [5, 5.41) is 2.24. The summed E-state index contributed by atoms with van der Waals surface area (Å²) in [6.07, 6.45) is -3.60. The second-order valence-electron chi connectivity index (χ2n) is 4.95. The van der Waals surface area contributed by atoms with Crippen molar-refractivity contribution in [3.63, 3.8) is 0 Å². The topological polar surface area (TPSA) is 63.2 Å². The zero-order chi connectivity index (χ0) is 18.1. The first kappa shape index (κ1) is 18.3. The molecule has 0 heterocycles. The van der Waals surface area contributed by atoms with Gasteiger partial charge in [-0.2, -0.15) is 13.2 Å². The van der Waals surface area contributed by atoms with Crippen LogP contribution in [0.15, 0.2) is 47.4 Å². The highest BCUT2D eigenvalue weighted by molar-refractivity contribution is 7.90. The molecule has 0 atom stereocenters. The average Bonchev–Trinajstić information content (AvgIpc) is 2.45. The molecule has 24 heavy (non-hydrogen) atoms. The molecule has 0 spiro atoms. The van der Waals surface area contributed by atoms with Gasteiger partial charge in [0.25, 0.3) is 5.91 Å². The quantitative estimate of drug-likeness (QED) is 0.878. The molecule has 0 aliphatic carbocycles. The van der Waals surface area contributed by atoms with Crippen LogP contribution in [0.1, 0.15) is 15.9 Å². The Kier molecular flexibility index (Phi) is 4.91. The van der Waals surface area contributed by atoms with E-state index in [0.29, 0.717) is 0 Å². The van der Waals surface area contributed by atoms with Gasteiger partial charge < -0.3 is 5.32 Å². The number of sulfone groups is 1. The summed E-state index contributed by atoms with van der Waals surface area (Å²) in [5.41, 5.74) is -1.02. The standard InChI is InChI=1S/C15H11ClF3NO3S/c1-24(22,23)13-7-9(5-6-12(13)16)14(21)20-11-4-2-3-10(8-11)15(17,18)19/h2-8H,1H3,(H,20,21). The Labute approximate surface area is 141 Å². The van der Waals surface area contributed by atoms with Crippen molar-refractivity contribution in [2.45, 2.75) is 11.1 Å². The lowest BCUT2D eigenvalue weighted by Gasteiger charge is -2.10. The monoisotopic (exact) mass is 377 g/mol. The minimum Gasteiger partial charge on any atom is -0.322 e. The fourth-order valence-electron chi connectivity index (χ4n) is 1.91. The third-order valence-electron chi connectivity index (χ3n) is 3.04. The fourth-order valence-corrected chi connectivity index (χ4v) is 3.21. The van der Waals surface area contributed by atoms with Crippen LogP contribution in [0.4, 0.5) is 18.9 Å². The molecule has 0 bridgehead atoms. The fraction of sp³-hybridized carbons (Fsp3) is 0.133. The molecule has 0 fully saturated rings. The van der Waals surface area contributed by atoms with Crippen molar-refractivity contribution in [1.29, 1.82) is 0 Å². The Bertz CT molecular complexity index is 895. The van der Waals surface area contributed by atoms with Crippen LogP contribution in [0.25, 0.3) is 0 Å². The van der Waals surface area contributed by atoms with Crippen LogP contribution < -0.4 is 5.32 Å². The van der Waals surface area contributed by atoms with Crippen LogP contribution in [-0.2, 0) is 16.0 Å². The van der Waals surface area contributed by atoms with Crippen molar-refractivity contribution < 1.29 is 26.4 Å². The van der Waals surface area contributed by atoms with Crippen LogP contribution in [0.3, 0.4) is 0 Å². The van der Waals surface area contributed by atoms with Gasteiger partial charge in [-0.15, -0.1) is 0 Å². The molecule has 0 aromatic heterocycles. The van der Waals surface area contributed by atoms with Crippen LogP contribution in [0, 0.1) is 0 Å². The van der Waals surface area contributed by atoms with Crippen molar-refractivity contribution >= 4 is 33.0 Å². The molecule has 128 valence electrons. The number of amides is 1. The first-order chi connectivity index (χ1) is 11.0. The van der Waals surface area contributed by atoms with E-state index < -0.39 is 27.5 Å². The highest BCUT2D eigenvalue weighted by Gasteiger charge is 2.30. The number of hydrogen-bond donors (Lipinski definition) is 1. The number of anilines is 1. The average molecular weight is 378 g/mol. The zero-order valence-electron chi connectivity index (χ0n) is 12.2. The SMILES string of the molecule is CS(=O)(=O)c1cc(C(=O)Nc2cccc(C(F)(F)F)c2)ccc1Cl. The van der Waals surface area contributed by atoms with Gasteiger partial charge in [0.1, 0.15) is 0 Å². The Morgan fingerprint density at radius 1 is 1.12 bits per heavy atom. The van der Waals surface area contributed by atoms with E-state index >= 15 is 0 Å². The molecule has 0 aliphatic rings. The molecule has 1 N–H and O–H groups in total. The zero-order valence-corrected chi connectivity index (χ0v) is 13.8. The van der Waals surface area contributed by atoms with Gasteiger partial charge in [0.05, 0.1) is 15.5 Å². The second-order valence-corrected chi connectivity index (χ2v) is 7.34. The van der Waals surface area contributed by atoms with Gasteiger partial charge in [0, 0.05) is 17.5 Å². The first-order valence-electron chi connectivity index (χ1n) is 6.47. The lowest BCUT2D eigenvalue weighted by Crippen LogP contribution is -2.14. The van der Waals surface area contributed by atoms with E-state index in [4.69, 9.17) is 11.6 Å². The number of halogens is 4. The molecule has 1 amide bonds. The van der Waals surface area contributed by atoms with Gasteiger partial charge >= 0.3 is 6.18 Å². The van der Waals surface area contributed by atoms with Gasteiger partial charge in [-0.3, -0.25) is 4.79 Å². The molecule has 0 aliphatic heterocycles. The number of hydrogen-bond acceptors (Lipinski definition) is 3. The van der Waals surface area contributed by atoms with E-state index in [2.05, 4.69) is 5.32 Å². The smallest absolute Gasteiger partial charge is 0.322 e. The Morgan fingerprint density at radius 2 is 1.79 bits per heavy atom. The summed E-state index contributed by atoms with van der Waals surface area (Å²) in [6.45, 7) is 0. The number of alkyl halides is 3. The molecule has 0 saturated carbocycles. The van der Waals surface area contributed by atoms with Crippen molar-refractivity contribution in [3.8, 4) is 0 Å². The summed E-state index contributed by atoms with van der Waals surface area (Å²) in [6, 6.07) is 7.69. The van der Waals surface area contributed by atoms with Gasteiger partial charge in [0.15, 0.2) is 9.84 Å². The second kappa shape index (κ2) is 6.45. The van der Waals surface area contributed by atoms with E-state index in [1.165, 1.54) is 18.2 Å². The van der Waals surface area contributed by atoms with Crippen LogP contribution in [-0.4, -0.2) is 20.6 Å². The van der Waals surface area contributed by atoms with Gasteiger partial charge in [-0.05, 0) is 36.4 Å². The number of rotatable bonds is 3. The largest absolute Gasteiger partial charge is 0.416 e. The Balaban J connectivity index is 2.31. The maximum Gasteiger partial charge on any atom is 0.416 e. The third kappa shape index (κ3) is 4.27. The summed E-state index contributed by atoms with van der Waals surface area (Å²) < 4.78 is 61.2. The summed E-state index contributed by atoms with van der Waals surface area (Å²) in [5.74, 6) is -0.754. The van der Waals surface area contributed by atoms with Gasteiger partial charge in [-0.1, -0.05) is 17.7 Å². The molecule has 2 rings (SSSR count). The third-order valence-corrected chi connectivity index (χ3v) is 4.62. The highest BCUT2D eigenvalue weighted by Crippen LogP contribution is 2.31. The molecule has 2 aromatic rings. The summed E-state index contributed by atoms with van der Waals surface area (Å²) >= 11 is 5.78. The van der Waals surface area contributed by atoms with Crippen molar-refractivity contribution in [2.75, 3.05) is 11.6 Å². The Morgan fingerprint density at radius 3 is 2.38 bits per heavy atom. The van der Waals surface area contributed by atoms with E-state index in [1.54, 1.807) is 0 Å². The lowest BCUT2D eigenvalue weighted by molar-refractivity contribution is -0.137. The minimum atomic E-state index is -4.54. The molecule has 9 heteroatoms. The maximum absolute atomic E-state index is 12.7. The predicted octanol–water partition coefficient (Wildman–Crippen LogP) is 4.01. The first-order valence-corrected chi connectivity index (χ1v) is 8.73. The normalized spacial score (nSPS) is 12.0. The number of nitrogens with one attached hydrogen (secondary N) is 1. The van der Waals surface area contributed by atoms with E-state index in [9.17, 15) is 26.4 Å². The van der Waals surface area contributed by atoms with Crippen LogP contribution >= 0.6 is 11.6 Å². The minimum absolute atomic E-state index is 0.0442. The molecular weight excluding hydrogens is 367 g/mol. The predicted molar refractivity (Wildman–Crippen MR) is 84.0 cm³/mol. The molecule has 0 saturated heterocycles.